The minimum absolute atomic E-state index is 0.244. The number of nitrogens with zero attached hydrogens (tertiary/aromatic N) is 1. The molecule has 0 spiro atoms. The first-order valence-electron chi connectivity index (χ1n) is 4.71. The van der Waals surface area contributed by atoms with Crippen molar-refractivity contribution in [1.29, 1.82) is 5.26 Å². The summed E-state index contributed by atoms with van der Waals surface area (Å²) in [6, 6.07) is 6.47. The van der Waals surface area contributed by atoms with Gasteiger partial charge in [-0.3, -0.25) is 0 Å². The number of aliphatic hydroxyl groups excluding tert-OH is 2. The van der Waals surface area contributed by atoms with Crippen molar-refractivity contribution in [3.8, 4) is 6.07 Å². The number of alkyl halides is 1. The molecular formula is C11H11Cl2NO2. The van der Waals surface area contributed by atoms with Crippen LogP contribution >= 0.6 is 23.2 Å². The molecule has 3 nitrogen and oxygen atoms in total. The highest BCUT2D eigenvalue weighted by atomic mass is 35.5. The van der Waals surface area contributed by atoms with Crippen LogP contribution in [0.5, 0.6) is 0 Å². The molecular weight excluding hydrogens is 249 g/mol. The second-order valence-electron chi connectivity index (χ2n) is 3.33. The molecule has 2 atom stereocenters. The summed E-state index contributed by atoms with van der Waals surface area (Å²) in [6.45, 7) is 0. The van der Waals surface area contributed by atoms with Crippen LogP contribution in [0, 0.1) is 11.3 Å². The maximum Gasteiger partial charge on any atom is 0.106 e. The molecule has 0 aliphatic carbocycles. The van der Waals surface area contributed by atoms with Crippen LogP contribution in [0.25, 0.3) is 0 Å². The Morgan fingerprint density at radius 1 is 1.38 bits per heavy atom. The third-order valence-corrected chi connectivity index (χ3v) is 2.68. The van der Waals surface area contributed by atoms with Gasteiger partial charge in [-0.15, -0.1) is 11.6 Å². The average molecular weight is 260 g/mol. The SMILES string of the molecule is N#Cc1cc(Cl)ccc1C(O)C(O)CCCl. The Labute approximate surface area is 104 Å². The fourth-order valence-electron chi connectivity index (χ4n) is 1.36. The van der Waals surface area contributed by atoms with Gasteiger partial charge in [-0.1, -0.05) is 17.7 Å². The quantitative estimate of drug-likeness (QED) is 0.816. The van der Waals surface area contributed by atoms with Gasteiger partial charge in [0.05, 0.1) is 17.7 Å². The Hall–Kier alpha value is -0.790. The molecule has 0 amide bonds. The van der Waals surface area contributed by atoms with Gasteiger partial charge in [-0.25, -0.2) is 0 Å². The molecule has 2 unspecified atom stereocenters. The monoisotopic (exact) mass is 259 g/mol. The van der Waals surface area contributed by atoms with Crippen LogP contribution in [0.1, 0.15) is 23.7 Å². The fraction of sp³-hybridized carbons (Fsp3) is 0.364. The van der Waals surface area contributed by atoms with E-state index < -0.39 is 12.2 Å². The van der Waals surface area contributed by atoms with Gasteiger partial charge in [0.15, 0.2) is 0 Å². The molecule has 86 valence electrons. The molecule has 1 aromatic rings. The molecule has 0 aliphatic rings. The number of aliphatic hydroxyl groups is 2. The van der Waals surface area contributed by atoms with E-state index in [0.29, 0.717) is 10.6 Å². The molecule has 16 heavy (non-hydrogen) atoms. The van der Waals surface area contributed by atoms with E-state index in [0.717, 1.165) is 0 Å². The summed E-state index contributed by atoms with van der Waals surface area (Å²) < 4.78 is 0. The largest absolute Gasteiger partial charge is 0.390 e. The van der Waals surface area contributed by atoms with Gasteiger partial charge in [0.1, 0.15) is 6.10 Å². The molecule has 0 fully saturated rings. The van der Waals surface area contributed by atoms with E-state index in [1.165, 1.54) is 12.1 Å². The van der Waals surface area contributed by atoms with E-state index in [2.05, 4.69) is 0 Å². The van der Waals surface area contributed by atoms with Crippen LogP contribution in [-0.4, -0.2) is 22.2 Å². The average Bonchev–Trinajstić information content (AvgIpc) is 2.28. The molecule has 0 aromatic heterocycles. The van der Waals surface area contributed by atoms with Crippen molar-refractivity contribution in [3.63, 3.8) is 0 Å². The second kappa shape index (κ2) is 6.07. The Balaban J connectivity index is 2.99. The molecule has 0 bridgehead atoms. The van der Waals surface area contributed by atoms with Gasteiger partial charge >= 0.3 is 0 Å². The van der Waals surface area contributed by atoms with Crippen LogP contribution in [0.15, 0.2) is 18.2 Å². The number of rotatable bonds is 4. The van der Waals surface area contributed by atoms with Gasteiger partial charge in [-0.05, 0) is 18.6 Å². The van der Waals surface area contributed by atoms with E-state index in [4.69, 9.17) is 28.5 Å². The van der Waals surface area contributed by atoms with Crippen molar-refractivity contribution in [2.45, 2.75) is 18.6 Å². The fourth-order valence-corrected chi connectivity index (χ4v) is 1.76. The predicted octanol–water partition coefficient (Wildman–Crippen LogP) is 2.23. The summed E-state index contributed by atoms with van der Waals surface area (Å²) in [5.74, 6) is 0.244. The zero-order chi connectivity index (χ0) is 12.1. The molecule has 5 heteroatoms. The summed E-state index contributed by atoms with van der Waals surface area (Å²) >= 11 is 11.2. The zero-order valence-corrected chi connectivity index (χ0v) is 9.91. The summed E-state index contributed by atoms with van der Waals surface area (Å²) in [6.07, 6.45) is -1.84. The lowest BCUT2D eigenvalue weighted by Crippen LogP contribution is -2.19. The molecule has 0 saturated carbocycles. The number of benzene rings is 1. The van der Waals surface area contributed by atoms with Crippen LogP contribution in [0.3, 0.4) is 0 Å². The third kappa shape index (κ3) is 3.10. The molecule has 0 heterocycles. The molecule has 2 N–H and O–H groups in total. The van der Waals surface area contributed by atoms with Gasteiger partial charge in [0, 0.05) is 16.5 Å². The van der Waals surface area contributed by atoms with Gasteiger partial charge in [0.2, 0.25) is 0 Å². The smallest absolute Gasteiger partial charge is 0.106 e. The molecule has 0 saturated heterocycles. The summed E-state index contributed by atoms with van der Waals surface area (Å²) in [5, 5.41) is 28.7. The highest BCUT2D eigenvalue weighted by Gasteiger charge is 2.20. The first-order valence-corrected chi connectivity index (χ1v) is 5.63. The third-order valence-electron chi connectivity index (χ3n) is 2.22. The normalized spacial score (nSPS) is 14.2. The Bertz CT molecular complexity index is 403. The van der Waals surface area contributed by atoms with Gasteiger partial charge in [0.25, 0.3) is 0 Å². The molecule has 0 aliphatic heterocycles. The topological polar surface area (TPSA) is 64.2 Å². The molecule has 1 aromatic carbocycles. The van der Waals surface area contributed by atoms with Crippen molar-refractivity contribution < 1.29 is 10.2 Å². The summed E-state index contributed by atoms with van der Waals surface area (Å²) in [5.41, 5.74) is 0.623. The van der Waals surface area contributed by atoms with Crippen molar-refractivity contribution in [1.82, 2.24) is 0 Å². The van der Waals surface area contributed by atoms with E-state index in [1.54, 1.807) is 6.07 Å². The first kappa shape index (κ1) is 13.3. The van der Waals surface area contributed by atoms with Crippen molar-refractivity contribution in [2.75, 3.05) is 5.88 Å². The lowest BCUT2D eigenvalue weighted by molar-refractivity contribution is 0.0168. The Morgan fingerprint density at radius 2 is 2.06 bits per heavy atom. The van der Waals surface area contributed by atoms with E-state index in [-0.39, 0.29) is 17.9 Å². The first-order chi connectivity index (χ1) is 7.60. The highest BCUT2D eigenvalue weighted by Crippen LogP contribution is 2.25. The van der Waals surface area contributed by atoms with Crippen molar-refractivity contribution in [3.05, 3.63) is 34.3 Å². The Morgan fingerprint density at radius 3 is 2.62 bits per heavy atom. The minimum atomic E-state index is -1.12. The number of hydrogen-bond acceptors (Lipinski definition) is 3. The maximum absolute atomic E-state index is 9.82. The van der Waals surface area contributed by atoms with Crippen molar-refractivity contribution >= 4 is 23.2 Å². The highest BCUT2D eigenvalue weighted by molar-refractivity contribution is 6.30. The van der Waals surface area contributed by atoms with E-state index in [9.17, 15) is 10.2 Å². The predicted molar refractivity (Wildman–Crippen MR) is 62.5 cm³/mol. The molecule has 1 rings (SSSR count). The number of halogens is 2. The van der Waals surface area contributed by atoms with Gasteiger partial charge in [-0.2, -0.15) is 5.26 Å². The second-order valence-corrected chi connectivity index (χ2v) is 4.15. The van der Waals surface area contributed by atoms with Crippen LogP contribution in [0.4, 0.5) is 0 Å². The van der Waals surface area contributed by atoms with E-state index >= 15 is 0 Å². The van der Waals surface area contributed by atoms with E-state index in [1.807, 2.05) is 6.07 Å². The standard InChI is InChI=1S/C11H11Cl2NO2/c12-4-3-10(15)11(16)9-2-1-8(13)5-7(9)6-14/h1-2,5,10-11,15-16H,3-4H2. The van der Waals surface area contributed by atoms with Gasteiger partial charge < -0.3 is 10.2 Å². The number of nitriles is 1. The number of hydrogen-bond donors (Lipinski definition) is 2. The summed E-state index contributed by atoms with van der Waals surface area (Å²) in [7, 11) is 0. The maximum atomic E-state index is 9.82. The summed E-state index contributed by atoms with van der Waals surface area (Å²) in [4.78, 5) is 0. The van der Waals surface area contributed by atoms with Crippen LogP contribution < -0.4 is 0 Å². The van der Waals surface area contributed by atoms with Crippen LogP contribution in [0.2, 0.25) is 5.02 Å². The van der Waals surface area contributed by atoms with Crippen molar-refractivity contribution in [2.24, 2.45) is 0 Å². The lowest BCUT2D eigenvalue weighted by atomic mass is 9.98. The minimum Gasteiger partial charge on any atom is -0.390 e. The molecule has 0 radical (unpaired) electrons. The zero-order valence-electron chi connectivity index (χ0n) is 8.40. The van der Waals surface area contributed by atoms with Crippen LogP contribution in [-0.2, 0) is 0 Å². The lowest BCUT2D eigenvalue weighted by Gasteiger charge is -2.18. The Kier molecular flexibility index (Phi) is 5.04.